The van der Waals surface area contributed by atoms with Crippen molar-refractivity contribution in [2.45, 2.75) is 70.4 Å². The molecule has 2 fully saturated rings. The Morgan fingerprint density at radius 3 is 2.79 bits per heavy atom. The second-order valence-corrected chi connectivity index (χ2v) is 6.34. The largest absolute Gasteiger partial charge is 0.311 e. The number of rotatable bonds is 7. The Morgan fingerprint density at radius 1 is 1.16 bits per heavy atom. The summed E-state index contributed by atoms with van der Waals surface area (Å²) in [5.41, 5.74) is 1.21. The second-order valence-electron chi connectivity index (χ2n) is 6.34. The van der Waals surface area contributed by atoms with Crippen molar-refractivity contribution in [2.75, 3.05) is 6.54 Å². The standard InChI is InChI=1S/C16H27N3/c1-2-6-16(7-3-1)19-12-10-15(18-19)13-17-11-4-5-14-8-9-14/h10,12,14,16-17H,1-9,11,13H2. The lowest BCUT2D eigenvalue weighted by Crippen LogP contribution is -2.17. The summed E-state index contributed by atoms with van der Waals surface area (Å²) in [7, 11) is 0. The first-order valence-electron chi connectivity index (χ1n) is 8.16. The van der Waals surface area contributed by atoms with Crippen LogP contribution in [0.25, 0.3) is 0 Å². The van der Waals surface area contributed by atoms with Gasteiger partial charge in [-0.05, 0) is 44.2 Å². The molecule has 1 heterocycles. The van der Waals surface area contributed by atoms with Crippen LogP contribution >= 0.6 is 0 Å². The van der Waals surface area contributed by atoms with Gasteiger partial charge in [-0.3, -0.25) is 4.68 Å². The minimum atomic E-state index is 0.664. The van der Waals surface area contributed by atoms with Gasteiger partial charge in [0.15, 0.2) is 0 Å². The number of aromatic nitrogens is 2. The lowest BCUT2D eigenvalue weighted by Gasteiger charge is -2.21. The molecule has 2 aliphatic rings. The van der Waals surface area contributed by atoms with E-state index in [9.17, 15) is 0 Å². The first-order valence-corrected chi connectivity index (χ1v) is 8.16. The van der Waals surface area contributed by atoms with Crippen molar-refractivity contribution in [3.8, 4) is 0 Å². The zero-order chi connectivity index (χ0) is 12.9. The fourth-order valence-electron chi connectivity index (χ4n) is 3.16. The molecule has 1 N–H and O–H groups in total. The molecule has 0 unspecified atom stereocenters. The molecule has 0 aliphatic heterocycles. The van der Waals surface area contributed by atoms with Crippen LogP contribution in [0, 0.1) is 5.92 Å². The SMILES string of the molecule is c1cn(C2CCCCC2)nc1CNCCCC1CC1. The lowest BCUT2D eigenvalue weighted by atomic mass is 9.96. The minimum Gasteiger partial charge on any atom is -0.311 e. The maximum Gasteiger partial charge on any atom is 0.0762 e. The van der Waals surface area contributed by atoms with Gasteiger partial charge < -0.3 is 5.32 Å². The highest BCUT2D eigenvalue weighted by Crippen LogP contribution is 2.33. The highest BCUT2D eigenvalue weighted by molar-refractivity contribution is 4.99. The zero-order valence-electron chi connectivity index (χ0n) is 12.0. The summed E-state index contributed by atoms with van der Waals surface area (Å²) in [4.78, 5) is 0. The highest BCUT2D eigenvalue weighted by atomic mass is 15.3. The monoisotopic (exact) mass is 261 g/mol. The topological polar surface area (TPSA) is 29.9 Å². The Kier molecular flexibility index (Phi) is 4.54. The third kappa shape index (κ3) is 4.07. The molecular formula is C16H27N3. The molecule has 2 saturated carbocycles. The molecule has 3 rings (SSSR count). The van der Waals surface area contributed by atoms with Crippen molar-refractivity contribution in [1.82, 2.24) is 15.1 Å². The van der Waals surface area contributed by atoms with Crippen LogP contribution in [0.4, 0.5) is 0 Å². The van der Waals surface area contributed by atoms with Crippen molar-refractivity contribution >= 4 is 0 Å². The molecule has 3 heteroatoms. The van der Waals surface area contributed by atoms with Crippen molar-refractivity contribution < 1.29 is 0 Å². The third-order valence-corrected chi connectivity index (χ3v) is 4.58. The van der Waals surface area contributed by atoms with Crippen molar-refractivity contribution in [2.24, 2.45) is 5.92 Å². The van der Waals surface area contributed by atoms with Gasteiger partial charge in [-0.15, -0.1) is 0 Å². The molecule has 0 radical (unpaired) electrons. The zero-order valence-corrected chi connectivity index (χ0v) is 12.0. The summed E-state index contributed by atoms with van der Waals surface area (Å²) in [6, 6.07) is 2.85. The highest BCUT2D eigenvalue weighted by Gasteiger charge is 2.20. The van der Waals surface area contributed by atoms with Gasteiger partial charge in [0.1, 0.15) is 0 Å². The van der Waals surface area contributed by atoms with Gasteiger partial charge in [0, 0.05) is 12.7 Å². The summed E-state index contributed by atoms with van der Waals surface area (Å²) in [6.45, 7) is 2.08. The molecule has 0 saturated heterocycles. The Morgan fingerprint density at radius 2 is 2.00 bits per heavy atom. The van der Waals surface area contributed by atoms with Gasteiger partial charge in [0.05, 0.1) is 11.7 Å². The first kappa shape index (κ1) is 13.2. The average Bonchev–Trinajstić information content (AvgIpc) is 3.16. The van der Waals surface area contributed by atoms with E-state index in [1.165, 1.54) is 63.5 Å². The van der Waals surface area contributed by atoms with Crippen LogP contribution in [-0.4, -0.2) is 16.3 Å². The average molecular weight is 261 g/mol. The molecule has 0 bridgehead atoms. The maximum atomic E-state index is 4.73. The van der Waals surface area contributed by atoms with Crippen molar-refractivity contribution in [1.29, 1.82) is 0 Å². The van der Waals surface area contributed by atoms with Crippen molar-refractivity contribution in [3.63, 3.8) is 0 Å². The molecule has 1 aromatic heterocycles. The van der Waals surface area contributed by atoms with E-state index in [0.717, 1.165) is 19.0 Å². The Balaban J connectivity index is 1.37. The first-order chi connectivity index (χ1) is 9.42. The molecule has 0 atom stereocenters. The number of hydrogen-bond donors (Lipinski definition) is 1. The Hall–Kier alpha value is -0.830. The second kappa shape index (κ2) is 6.56. The van der Waals surface area contributed by atoms with E-state index >= 15 is 0 Å². The van der Waals surface area contributed by atoms with Crippen LogP contribution < -0.4 is 5.32 Å². The predicted molar refractivity (Wildman–Crippen MR) is 78.0 cm³/mol. The third-order valence-electron chi connectivity index (χ3n) is 4.58. The van der Waals surface area contributed by atoms with Crippen LogP contribution in [0.5, 0.6) is 0 Å². The van der Waals surface area contributed by atoms with Gasteiger partial charge >= 0.3 is 0 Å². The van der Waals surface area contributed by atoms with Crippen LogP contribution in [0.3, 0.4) is 0 Å². The molecule has 3 nitrogen and oxygen atoms in total. The van der Waals surface area contributed by atoms with Gasteiger partial charge in [-0.25, -0.2) is 0 Å². The van der Waals surface area contributed by atoms with E-state index in [0.29, 0.717) is 6.04 Å². The molecular weight excluding hydrogens is 234 g/mol. The lowest BCUT2D eigenvalue weighted by molar-refractivity contribution is 0.327. The molecule has 0 amide bonds. The van der Waals surface area contributed by atoms with Gasteiger partial charge in [-0.2, -0.15) is 5.10 Å². The molecule has 0 aromatic carbocycles. The quantitative estimate of drug-likeness (QED) is 0.759. The predicted octanol–water partition coefficient (Wildman–Crippen LogP) is 3.67. The molecule has 19 heavy (non-hydrogen) atoms. The Bertz CT molecular complexity index is 375. The van der Waals surface area contributed by atoms with E-state index in [4.69, 9.17) is 5.10 Å². The maximum absolute atomic E-state index is 4.73. The van der Waals surface area contributed by atoms with E-state index < -0.39 is 0 Å². The van der Waals surface area contributed by atoms with Crippen LogP contribution in [0.15, 0.2) is 12.3 Å². The minimum absolute atomic E-state index is 0.664. The van der Waals surface area contributed by atoms with E-state index in [-0.39, 0.29) is 0 Å². The summed E-state index contributed by atoms with van der Waals surface area (Å²) in [5.74, 6) is 1.06. The van der Waals surface area contributed by atoms with E-state index in [1.54, 1.807) is 0 Å². The van der Waals surface area contributed by atoms with E-state index in [1.807, 2.05) is 0 Å². The number of nitrogens with one attached hydrogen (secondary N) is 1. The summed E-state index contributed by atoms with van der Waals surface area (Å²) in [6.07, 6.45) is 14.7. The number of hydrogen-bond acceptors (Lipinski definition) is 2. The fraction of sp³-hybridized carbons (Fsp3) is 0.812. The van der Waals surface area contributed by atoms with Crippen LogP contribution in [0.2, 0.25) is 0 Å². The fourth-order valence-corrected chi connectivity index (χ4v) is 3.16. The van der Waals surface area contributed by atoms with Crippen LogP contribution in [0.1, 0.15) is 69.5 Å². The van der Waals surface area contributed by atoms with E-state index in [2.05, 4.69) is 22.3 Å². The molecule has 1 aromatic rings. The van der Waals surface area contributed by atoms with Gasteiger partial charge in [0.2, 0.25) is 0 Å². The Labute approximate surface area is 116 Å². The van der Waals surface area contributed by atoms with Gasteiger partial charge in [-0.1, -0.05) is 32.1 Å². The molecule has 2 aliphatic carbocycles. The van der Waals surface area contributed by atoms with Crippen LogP contribution in [-0.2, 0) is 6.54 Å². The summed E-state index contributed by atoms with van der Waals surface area (Å²) in [5, 5.41) is 8.26. The normalized spacial score (nSPS) is 20.8. The summed E-state index contributed by atoms with van der Waals surface area (Å²) < 4.78 is 2.21. The molecule has 106 valence electrons. The summed E-state index contributed by atoms with van der Waals surface area (Å²) >= 11 is 0. The smallest absolute Gasteiger partial charge is 0.0762 e. The van der Waals surface area contributed by atoms with Crippen molar-refractivity contribution in [3.05, 3.63) is 18.0 Å². The van der Waals surface area contributed by atoms with Gasteiger partial charge in [0.25, 0.3) is 0 Å². The molecule has 0 spiro atoms. The number of nitrogens with zero attached hydrogens (tertiary/aromatic N) is 2.